The van der Waals surface area contributed by atoms with Gasteiger partial charge in [-0.3, -0.25) is 24.5 Å². The van der Waals surface area contributed by atoms with Crippen LogP contribution in [-0.2, 0) is 35.3 Å². The molecule has 7 rings (SSSR count). The summed E-state index contributed by atoms with van der Waals surface area (Å²) >= 11 is 0. The van der Waals surface area contributed by atoms with Crippen molar-refractivity contribution in [2.45, 2.75) is 132 Å². The molecule has 372 valence electrons. The Hall–Kier alpha value is -5.65. The zero-order valence-corrected chi connectivity index (χ0v) is 38.9. The van der Waals surface area contributed by atoms with E-state index >= 15 is 4.79 Å². The number of nitrogens with zero attached hydrogens (tertiary/aromatic N) is 4. The van der Waals surface area contributed by atoms with E-state index in [0.717, 1.165) is 21.8 Å². The number of alkyl halides is 6. The Morgan fingerprint density at radius 2 is 1.76 bits per heavy atom. The van der Waals surface area contributed by atoms with Crippen LogP contribution in [0.2, 0.25) is 0 Å². The Balaban J connectivity index is 1.27. The molecule has 4 amide bonds. The van der Waals surface area contributed by atoms with E-state index in [2.05, 4.69) is 31.0 Å². The molecule has 7 atom stereocenters. The van der Waals surface area contributed by atoms with Crippen LogP contribution in [0.5, 0.6) is 11.5 Å². The average Bonchev–Trinajstić information content (AvgIpc) is 4.02. The topological polar surface area (TPSA) is 212 Å². The second-order valence-corrected chi connectivity index (χ2v) is 21.0. The smallest absolute Gasteiger partial charge is 0.435 e. The quantitative estimate of drug-likeness (QED) is 0.0989. The van der Waals surface area contributed by atoms with Gasteiger partial charge in [-0.15, -0.1) is 0 Å². The summed E-state index contributed by atoms with van der Waals surface area (Å²) in [5.41, 5.74) is -0.919. The highest BCUT2D eigenvalue weighted by molar-refractivity contribution is 7.91. The van der Waals surface area contributed by atoms with Gasteiger partial charge < -0.3 is 24.4 Å². The summed E-state index contributed by atoms with van der Waals surface area (Å²) in [6.45, 7) is 6.19. The number of allylic oxidation sites excluding steroid dienone is 1. The molecule has 3 aromatic rings. The number of aromatic nitrogens is 3. The second-order valence-electron chi connectivity index (χ2n) is 18.8. The summed E-state index contributed by atoms with van der Waals surface area (Å²) in [5.74, 6) is -3.57. The monoisotopic (exact) mass is 984 g/mol. The fourth-order valence-electron chi connectivity index (χ4n) is 8.55. The first kappa shape index (κ1) is 50.2. The minimum atomic E-state index is -4.95. The molecule has 2 aromatic heterocycles. The van der Waals surface area contributed by atoms with Gasteiger partial charge in [0.15, 0.2) is 11.5 Å². The van der Waals surface area contributed by atoms with E-state index in [1.165, 1.54) is 26.2 Å². The van der Waals surface area contributed by atoms with Gasteiger partial charge in [0.2, 0.25) is 27.4 Å². The van der Waals surface area contributed by atoms with Crippen LogP contribution in [-0.4, -0.2) is 106 Å². The van der Waals surface area contributed by atoms with Gasteiger partial charge in [0.1, 0.15) is 35.2 Å². The minimum Gasteiger partial charge on any atom is -0.497 e. The molecule has 4 N–H and O–H groups in total. The number of carbonyl (C=O) groups excluding carboxylic acids is 4. The Morgan fingerprint density at radius 3 is 2.40 bits per heavy atom. The molecular weight excluding hydrogens is 931 g/mol. The highest BCUT2D eigenvalue weighted by atomic mass is 32.2. The third-order valence-corrected chi connectivity index (χ3v) is 15.5. The fourth-order valence-corrected chi connectivity index (χ4v) is 9.87. The van der Waals surface area contributed by atoms with Crippen molar-refractivity contribution in [3.05, 3.63) is 54.4 Å². The van der Waals surface area contributed by atoms with Gasteiger partial charge in [-0.05, 0) is 89.3 Å². The molecule has 24 heteroatoms. The van der Waals surface area contributed by atoms with Crippen LogP contribution in [0.15, 0.2) is 48.7 Å². The molecule has 2 aliphatic heterocycles. The van der Waals surface area contributed by atoms with E-state index in [0.29, 0.717) is 63.5 Å². The first-order chi connectivity index (χ1) is 31.7. The third kappa shape index (κ3) is 10.3. The summed E-state index contributed by atoms with van der Waals surface area (Å²) < 4.78 is 127. The minimum absolute atomic E-state index is 0.0323. The SMILES string of the molecule is CCC1CC(C)CCC=CC2CC2(C(=O)NS(=O)(=O)C2(C)CC2)NC(=O)C2CC(Oc3cc(-n4ccc(C(F)(F)F)n4)nc4cc(OC)ccc34)CN2C(=O)C1NNC(=O)OC(C)(C)C(F)(F)F. The number of methoxy groups -OCH3 is 1. The number of benzene rings is 1. The van der Waals surface area contributed by atoms with Crippen LogP contribution < -0.4 is 30.4 Å². The number of carbonyl (C=O) groups is 4. The Bertz CT molecular complexity index is 2580. The molecule has 1 saturated heterocycles. The van der Waals surface area contributed by atoms with E-state index in [-0.39, 0.29) is 42.4 Å². The highest BCUT2D eigenvalue weighted by Gasteiger charge is 2.63. The van der Waals surface area contributed by atoms with Gasteiger partial charge in [-0.2, -0.15) is 31.4 Å². The van der Waals surface area contributed by atoms with Crippen molar-refractivity contribution in [3.63, 3.8) is 0 Å². The Morgan fingerprint density at radius 1 is 1.04 bits per heavy atom. The molecule has 4 heterocycles. The van der Waals surface area contributed by atoms with Crippen molar-refractivity contribution in [1.29, 1.82) is 0 Å². The largest absolute Gasteiger partial charge is 0.497 e. The predicted molar refractivity (Wildman–Crippen MR) is 231 cm³/mol. The maximum atomic E-state index is 15.1. The number of hydrazine groups is 1. The Labute approximate surface area is 388 Å². The molecule has 2 aliphatic carbocycles. The number of pyridine rings is 1. The van der Waals surface area contributed by atoms with Crippen molar-refractivity contribution in [2.75, 3.05) is 13.7 Å². The van der Waals surface area contributed by atoms with Crippen LogP contribution in [0.4, 0.5) is 31.1 Å². The van der Waals surface area contributed by atoms with E-state index in [9.17, 15) is 49.1 Å². The number of fused-ring (bicyclic) bond motifs is 3. The first-order valence-corrected chi connectivity index (χ1v) is 23.6. The van der Waals surface area contributed by atoms with E-state index < -0.39 is 97.8 Å². The maximum absolute atomic E-state index is 15.1. The van der Waals surface area contributed by atoms with Crippen molar-refractivity contribution < 1.29 is 68.1 Å². The van der Waals surface area contributed by atoms with Crippen LogP contribution in [0.1, 0.15) is 91.7 Å². The summed E-state index contributed by atoms with van der Waals surface area (Å²) in [4.78, 5) is 62.5. The van der Waals surface area contributed by atoms with Crippen LogP contribution >= 0.6 is 0 Å². The standard InChI is InChI=1S/C44H54F6N8O9S/c1-7-25-18-24(2)10-8-9-11-26-22-42(26,38(61)56-68(63,64)41(5)15-16-41)52-36(59)31-20-28(23-57(31)37(60)35(25)53-54-39(62)67-40(3,4)44(48,49)50)66-32-21-34(58-17-14-33(55-58)43(45,46)47)51-30-19-27(65-6)12-13-29(30)32/h9,11-14,17,19,21,24-26,28,31,35,53H,7-8,10,15-16,18,20,22-23H2,1-6H3,(H,52,59)(H,54,62)(H,56,61). The molecule has 68 heavy (non-hydrogen) atoms. The van der Waals surface area contributed by atoms with Crippen LogP contribution in [0.3, 0.4) is 0 Å². The molecule has 3 fully saturated rings. The van der Waals surface area contributed by atoms with Crippen molar-refractivity contribution in [3.8, 4) is 17.3 Å². The lowest BCUT2D eigenvalue weighted by molar-refractivity contribution is -0.244. The van der Waals surface area contributed by atoms with Crippen molar-refractivity contribution >= 4 is 44.7 Å². The van der Waals surface area contributed by atoms with Gasteiger partial charge in [0, 0.05) is 36.1 Å². The fraction of sp³-hybridized carbons (Fsp3) is 0.591. The van der Waals surface area contributed by atoms with Gasteiger partial charge in [-0.25, -0.2) is 28.3 Å². The summed E-state index contributed by atoms with van der Waals surface area (Å²) in [6, 6.07) is 3.98. The zero-order valence-electron chi connectivity index (χ0n) is 38.1. The number of nitrogens with one attached hydrogen (secondary N) is 4. The molecule has 0 spiro atoms. The van der Waals surface area contributed by atoms with Gasteiger partial charge in [0.05, 0.1) is 23.9 Å². The highest BCUT2D eigenvalue weighted by Crippen LogP contribution is 2.48. The Kier molecular flexibility index (Phi) is 13.6. The van der Waals surface area contributed by atoms with Gasteiger partial charge in [0.25, 0.3) is 5.91 Å². The van der Waals surface area contributed by atoms with E-state index in [4.69, 9.17) is 14.2 Å². The first-order valence-electron chi connectivity index (χ1n) is 22.2. The molecule has 0 radical (unpaired) electrons. The van der Waals surface area contributed by atoms with Crippen molar-refractivity contribution in [2.24, 2.45) is 17.8 Å². The summed E-state index contributed by atoms with van der Waals surface area (Å²) in [7, 11) is -2.75. The molecule has 0 bridgehead atoms. The number of hydrogen-bond donors (Lipinski definition) is 4. The molecule has 4 aliphatic rings. The zero-order chi connectivity index (χ0) is 49.8. The lowest BCUT2D eigenvalue weighted by Gasteiger charge is -2.34. The summed E-state index contributed by atoms with van der Waals surface area (Å²) in [5, 5.41) is 6.78. The molecule has 7 unspecified atom stereocenters. The van der Waals surface area contributed by atoms with Crippen LogP contribution in [0, 0.1) is 17.8 Å². The van der Waals surface area contributed by atoms with Gasteiger partial charge >= 0.3 is 18.4 Å². The lowest BCUT2D eigenvalue weighted by Crippen LogP contribution is -2.61. The lowest BCUT2D eigenvalue weighted by atomic mass is 9.85. The number of rotatable bonds is 11. The normalized spacial score (nSPS) is 26.7. The average molecular weight is 985 g/mol. The number of hydrogen-bond acceptors (Lipinski definition) is 12. The van der Waals surface area contributed by atoms with Crippen LogP contribution in [0.25, 0.3) is 16.7 Å². The van der Waals surface area contributed by atoms with Crippen molar-refractivity contribution in [1.82, 2.24) is 40.6 Å². The molecular formula is C44H54F6N8O9S. The predicted octanol–water partition coefficient (Wildman–Crippen LogP) is 6.01. The number of ether oxygens (including phenoxy) is 3. The number of halogens is 6. The second kappa shape index (κ2) is 18.3. The summed E-state index contributed by atoms with van der Waals surface area (Å²) in [6.07, 6.45) is -5.46. The van der Waals surface area contributed by atoms with E-state index in [1.807, 2.05) is 13.0 Å². The third-order valence-electron chi connectivity index (χ3n) is 13.3. The van der Waals surface area contributed by atoms with E-state index in [1.54, 1.807) is 25.1 Å². The number of sulfonamides is 1. The molecule has 1 aromatic carbocycles. The molecule has 17 nitrogen and oxygen atoms in total. The maximum Gasteiger partial charge on any atom is 0.435 e. The van der Waals surface area contributed by atoms with Gasteiger partial charge in [-0.1, -0.05) is 32.4 Å². The molecule has 2 saturated carbocycles. The number of amides is 4.